The summed E-state index contributed by atoms with van der Waals surface area (Å²) in [5, 5.41) is 1.29. The van der Waals surface area contributed by atoms with Crippen LogP contribution >= 0.6 is 0 Å². The number of pyridine rings is 1. The number of benzene rings is 1. The first-order valence-electron chi connectivity index (χ1n) is 6.79. The first-order chi connectivity index (χ1) is 9.97. The Morgan fingerprint density at radius 1 is 1.29 bits per heavy atom. The minimum atomic E-state index is -3.11. The molecule has 6 heteroatoms. The number of likely N-dealkylation sites (tertiary alicyclic amines) is 1. The molecule has 110 valence electrons. The number of aromatic nitrogens is 1. The molecule has 21 heavy (non-hydrogen) atoms. The van der Waals surface area contributed by atoms with Gasteiger partial charge in [-0.25, -0.2) is 8.42 Å². The van der Waals surface area contributed by atoms with E-state index in [0.717, 1.165) is 10.8 Å². The van der Waals surface area contributed by atoms with Gasteiger partial charge in [-0.05, 0) is 17.9 Å². The second-order valence-electron chi connectivity index (χ2n) is 5.37. The lowest BCUT2D eigenvalue weighted by Crippen LogP contribution is -2.32. The Bertz CT molecular complexity index is 796. The van der Waals surface area contributed by atoms with E-state index >= 15 is 0 Å². The van der Waals surface area contributed by atoms with Crippen LogP contribution in [0.25, 0.3) is 10.8 Å². The van der Waals surface area contributed by atoms with E-state index in [2.05, 4.69) is 4.98 Å². The molecule has 1 aromatic carbocycles. The van der Waals surface area contributed by atoms with Gasteiger partial charge < -0.3 is 4.90 Å². The minimum Gasteiger partial charge on any atom is -0.336 e. The number of hydrogen-bond donors (Lipinski definition) is 0. The number of carbonyl (C=O) groups is 1. The third kappa shape index (κ3) is 2.63. The van der Waals surface area contributed by atoms with Crippen molar-refractivity contribution < 1.29 is 13.2 Å². The van der Waals surface area contributed by atoms with Gasteiger partial charge in [0.2, 0.25) is 0 Å². The lowest BCUT2D eigenvalue weighted by Gasteiger charge is -2.16. The summed E-state index contributed by atoms with van der Waals surface area (Å²) in [6, 6.07) is 9.42. The number of nitrogens with zero attached hydrogens (tertiary/aromatic N) is 2. The maximum Gasteiger partial charge on any atom is 0.273 e. The first-order valence-corrected chi connectivity index (χ1v) is 8.74. The monoisotopic (exact) mass is 304 g/mol. The van der Waals surface area contributed by atoms with Crippen molar-refractivity contribution in [2.24, 2.45) is 0 Å². The van der Waals surface area contributed by atoms with Crippen LogP contribution < -0.4 is 0 Å². The molecule has 1 saturated heterocycles. The molecule has 1 aliphatic heterocycles. The fraction of sp³-hybridized carbons (Fsp3) is 0.333. The van der Waals surface area contributed by atoms with Crippen LogP contribution in [0.2, 0.25) is 0 Å². The fourth-order valence-corrected chi connectivity index (χ4v) is 3.69. The lowest BCUT2D eigenvalue weighted by atomic mass is 10.1. The van der Waals surface area contributed by atoms with Gasteiger partial charge in [0.25, 0.3) is 5.91 Å². The van der Waals surface area contributed by atoms with Gasteiger partial charge >= 0.3 is 0 Å². The molecule has 3 rings (SSSR count). The molecule has 1 aliphatic rings. The zero-order valence-corrected chi connectivity index (χ0v) is 12.5. The van der Waals surface area contributed by atoms with Gasteiger partial charge in [-0.1, -0.05) is 24.3 Å². The van der Waals surface area contributed by atoms with Crippen LogP contribution in [0.4, 0.5) is 0 Å². The molecule has 0 aliphatic carbocycles. The smallest absolute Gasteiger partial charge is 0.273 e. The van der Waals surface area contributed by atoms with E-state index < -0.39 is 15.1 Å². The standard InChI is InChI=1S/C15H16N2O3S/c1-21(19,20)12-7-9-17(10-12)15(18)14-13-5-3-2-4-11(13)6-8-16-14/h2-6,8,12H,7,9-10H2,1H3. The average Bonchev–Trinajstić information content (AvgIpc) is 2.96. The molecule has 2 heterocycles. The van der Waals surface area contributed by atoms with Crippen LogP contribution in [-0.2, 0) is 9.84 Å². The van der Waals surface area contributed by atoms with Crippen molar-refractivity contribution in [2.45, 2.75) is 11.7 Å². The molecule has 0 radical (unpaired) electrons. The average molecular weight is 304 g/mol. The van der Waals surface area contributed by atoms with Crippen molar-refractivity contribution in [3.63, 3.8) is 0 Å². The fourth-order valence-electron chi connectivity index (χ4n) is 2.70. The molecular weight excluding hydrogens is 288 g/mol. The first kappa shape index (κ1) is 14.0. The van der Waals surface area contributed by atoms with Crippen molar-refractivity contribution in [1.29, 1.82) is 0 Å². The summed E-state index contributed by atoms with van der Waals surface area (Å²) in [6.07, 6.45) is 3.33. The van der Waals surface area contributed by atoms with Gasteiger partial charge in [0.05, 0.1) is 5.25 Å². The van der Waals surface area contributed by atoms with E-state index in [1.54, 1.807) is 11.1 Å². The quantitative estimate of drug-likeness (QED) is 0.843. The second kappa shape index (κ2) is 5.11. The third-order valence-corrected chi connectivity index (χ3v) is 5.51. The summed E-state index contributed by atoms with van der Waals surface area (Å²) in [5.41, 5.74) is 0.391. The number of sulfone groups is 1. The number of rotatable bonds is 2. The van der Waals surface area contributed by atoms with E-state index in [1.165, 1.54) is 6.26 Å². The molecule has 1 amide bonds. The van der Waals surface area contributed by atoms with Crippen LogP contribution in [0.3, 0.4) is 0 Å². The number of amides is 1. The maximum atomic E-state index is 12.6. The summed E-state index contributed by atoms with van der Waals surface area (Å²) in [5.74, 6) is -0.196. The van der Waals surface area contributed by atoms with E-state index in [-0.39, 0.29) is 12.5 Å². The molecule has 0 N–H and O–H groups in total. The van der Waals surface area contributed by atoms with Gasteiger partial charge in [0.15, 0.2) is 9.84 Å². The van der Waals surface area contributed by atoms with Gasteiger partial charge in [0, 0.05) is 30.9 Å². The Labute approximate surface area is 123 Å². The maximum absolute atomic E-state index is 12.6. The molecule has 1 unspecified atom stereocenters. The van der Waals surface area contributed by atoms with E-state index in [4.69, 9.17) is 0 Å². The van der Waals surface area contributed by atoms with Crippen molar-refractivity contribution in [3.8, 4) is 0 Å². The zero-order chi connectivity index (χ0) is 15.0. The number of fused-ring (bicyclic) bond motifs is 1. The SMILES string of the molecule is CS(=O)(=O)C1CCN(C(=O)c2nccc3ccccc23)C1. The van der Waals surface area contributed by atoms with Crippen LogP contribution in [-0.4, -0.2) is 48.8 Å². The summed E-state index contributed by atoms with van der Waals surface area (Å²) >= 11 is 0. The van der Waals surface area contributed by atoms with Crippen molar-refractivity contribution in [2.75, 3.05) is 19.3 Å². The summed E-state index contributed by atoms with van der Waals surface area (Å²) in [6.45, 7) is 0.712. The van der Waals surface area contributed by atoms with Crippen LogP contribution in [0, 0.1) is 0 Å². The molecule has 2 aromatic rings. The minimum absolute atomic E-state index is 0.196. The highest BCUT2D eigenvalue weighted by atomic mass is 32.2. The van der Waals surface area contributed by atoms with Gasteiger partial charge in [-0.15, -0.1) is 0 Å². The third-order valence-electron chi connectivity index (χ3n) is 3.91. The predicted octanol–water partition coefficient (Wildman–Crippen LogP) is 1.49. The Balaban J connectivity index is 1.92. The predicted molar refractivity (Wildman–Crippen MR) is 80.9 cm³/mol. The van der Waals surface area contributed by atoms with Gasteiger partial charge in [-0.2, -0.15) is 0 Å². The van der Waals surface area contributed by atoms with E-state index in [9.17, 15) is 13.2 Å². The second-order valence-corrected chi connectivity index (χ2v) is 7.70. The Morgan fingerprint density at radius 2 is 2.05 bits per heavy atom. The van der Waals surface area contributed by atoms with Crippen LogP contribution in [0.15, 0.2) is 36.5 Å². The van der Waals surface area contributed by atoms with Gasteiger partial charge in [0.1, 0.15) is 5.69 Å². The van der Waals surface area contributed by atoms with E-state index in [0.29, 0.717) is 18.7 Å². The van der Waals surface area contributed by atoms with Gasteiger partial charge in [-0.3, -0.25) is 9.78 Å². The van der Waals surface area contributed by atoms with Crippen LogP contribution in [0.1, 0.15) is 16.9 Å². The molecule has 5 nitrogen and oxygen atoms in total. The number of carbonyl (C=O) groups excluding carboxylic acids is 1. The topological polar surface area (TPSA) is 67.3 Å². The normalized spacial score (nSPS) is 19.1. The largest absolute Gasteiger partial charge is 0.336 e. The van der Waals surface area contributed by atoms with Crippen LogP contribution in [0.5, 0.6) is 0 Å². The number of hydrogen-bond acceptors (Lipinski definition) is 4. The molecule has 0 bridgehead atoms. The summed E-state index contributed by atoms with van der Waals surface area (Å²) in [4.78, 5) is 18.4. The molecule has 0 spiro atoms. The molecule has 1 atom stereocenters. The molecule has 1 fully saturated rings. The highest BCUT2D eigenvalue weighted by Crippen LogP contribution is 2.22. The van der Waals surface area contributed by atoms with Crippen molar-refractivity contribution in [1.82, 2.24) is 9.88 Å². The lowest BCUT2D eigenvalue weighted by molar-refractivity contribution is 0.0789. The highest BCUT2D eigenvalue weighted by Gasteiger charge is 2.33. The molecule has 0 saturated carbocycles. The zero-order valence-electron chi connectivity index (χ0n) is 11.7. The Morgan fingerprint density at radius 3 is 2.76 bits per heavy atom. The van der Waals surface area contributed by atoms with Crippen molar-refractivity contribution >= 4 is 26.5 Å². The van der Waals surface area contributed by atoms with E-state index in [1.807, 2.05) is 30.3 Å². The summed E-state index contributed by atoms with van der Waals surface area (Å²) < 4.78 is 23.2. The molecular formula is C15H16N2O3S. The Kier molecular flexibility index (Phi) is 3.41. The molecule has 1 aromatic heterocycles. The van der Waals surface area contributed by atoms with Crippen molar-refractivity contribution in [3.05, 3.63) is 42.2 Å². The Hall–Kier alpha value is -1.95. The highest BCUT2D eigenvalue weighted by molar-refractivity contribution is 7.91. The summed E-state index contributed by atoms with van der Waals surface area (Å²) in [7, 11) is -3.11.